The number of carboxylic acid groups (broad SMARTS) is 1. The maximum Gasteiger partial charge on any atom is 0.320 e. The third-order valence-electron chi connectivity index (χ3n) is 1.42. The zero-order valence-electron chi connectivity index (χ0n) is 7.75. The fourth-order valence-electron chi connectivity index (χ4n) is 0.809. The summed E-state index contributed by atoms with van der Waals surface area (Å²) in [6.45, 7) is 2.66. The molecule has 4 nitrogen and oxygen atoms in total. The van der Waals surface area contributed by atoms with E-state index in [0.717, 1.165) is 19.3 Å². The minimum atomic E-state index is -0.868. The standard InChI is InChI=1S/C8H17NO3/c1-3-4-5-6-12-9(2)7-8(10)11/h3-7H2,1-2H3,(H,10,11). The average Bonchev–Trinajstić information content (AvgIpc) is 1.97. The summed E-state index contributed by atoms with van der Waals surface area (Å²) in [5, 5.41) is 9.71. The van der Waals surface area contributed by atoms with Crippen molar-refractivity contribution in [3.63, 3.8) is 0 Å². The van der Waals surface area contributed by atoms with Gasteiger partial charge in [-0.25, -0.2) is 0 Å². The quantitative estimate of drug-likeness (QED) is 0.465. The maximum absolute atomic E-state index is 10.2. The summed E-state index contributed by atoms with van der Waals surface area (Å²) >= 11 is 0. The number of nitrogens with zero attached hydrogens (tertiary/aromatic N) is 1. The molecule has 0 fully saturated rings. The van der Waals surface area contributed by atoms with Gasteiger partial charge in [-0.15, -0.1) is 0 Å². The first-order chi connectivity index (χ1) is 5.66. The van der Waals surface area contributed by atoms with Crippen molar-refractivity contribution in [3.8, 4) is 0 Å². The third kappa shape index (κ3) is 7.50. The van der Waals surface area contributed by atoms with E-state index in [1.54, 1.807) is 7.05 Å². The van der Waals surface area contributed by atoms with E-state index in [2.05, 4.69) is 6.92 Å². The van der Waals surface area contributed by atoms with E-state index in [1.807, 2.05) is 0 Å². The second-order valence-corrected chi connectivity index (χ2v) is 2.72. The van der Waals surface area contributed by atoms with Crippen molar-refractivity contribution < 1.29 is 14.7 Å². The highest BCUT2D eigenvalue weighted by Crippen LogP contribution is 1.95. The smallest absolute Gasteiger partial charge is 0.320 e. The van der Waals surface area contributed by atoms with Crippen molar-refractivity contribution in [2.45, 2.75) is 26.2 Å². The summed E-state index contributed by atoms with van der Waals surface area (Å²) in [6.07, 6.45) is 3.26. The van der Waals surface area contributed by atoms with Gasteiger partial charge in [-0.05, 0) is 6.42 Å². The van der Waals surface area contributed by atoms with Gasteiger partial charge in [0.05, 0.1) is 6.61 Å². The van der Waals surface area contributed by atoms with Crippen LogP contribution in [0.15, 0.2) is 0 Å². The van der Waals surface area contributed by atoms with Crippen molar-refractivity contribution in [1.29, 1.82) is 0 Å². The Morgan fingerprint density at radius 2 is 2.17 bits per heavy atom. The Bertz CT molecular complexity index is 127. The monoisotopic (exact) mass is 175 g/mol. The number of rotatable bonds is 7. The van der Waals surface area contributed by atoms with Crippen LogP contribution in [0.1, 0.15) is 26.2 Å². The van der Waals surface area contributed by atoms with E-state index in [0.29, 0.717) is 6.61 Å². The van der Waals surface area contributed by atoms with Crippen molar-refractivity contribution in [2.75, 3.05) is 20.2 Å². The molecule has 0 heterocycles. The minimum absolute atomic E-state index is 0.0634. The zero-order valence-corrected chi connectivity index (χ0v) is 7.75. The summed E-state index contributed by atoms with van der Waals surface area (Å²) in [5.74, 6) is -0.868. The van der Waals surface area contributed by atoms with E-state index >= 15 is 0 Å². The van der Waals surface area contributed by atoms with E-state index in [9.17, 15) is 4.79 Å². The summed E-state index contributed by atoms with van der Waals surface area (Å²) in [5.41, 5.74) is 0. The Labute approximate surface area is 73.1 Å². The lowest BCUT2D eigenvalue weighted by atomic mass is 10.3. The van der Waals surface area contributed by atoms with Crippen LogP contribution in [-0.4, -0.2) is 36.3 Å². The molecule has 4 heteroatoms. The normalized spacial score (nSPS) is 10.6. The van der Waals surface area contributed by atoms with Gasteiger partial charge in [0.2, 0.25) is 0 Å². The number of carboxylic acids is 1. The Balaban J connectivity index is 3.19. The number of hydrogen-bond acceptors (Lipinski definition) is 3. The number of unbranched alkanes of at least 4 members (excludes halogenated alkanes) is 2. The topological polar surface area (TPSA) is 49.8 Å². The van der Waals surface area contributed by atoms with Crippen LogP contribution >= 0.6 is 0 Å². The van der Waals surface area contributed by atoms with Gasteiger partial charge in [0.15, 0.2) is 0 Å². The van der Waals surface area contributed by atoms with Gasteiger partial charge < -0.3 is 5.11 Å². The molecule has 0 aliphatic rings. The molecule has 0 unspecified atom stereocenters. The first-order valence-electron chi connectivity index (χ1n) is 4.22. The van der Waals surface area contributed by atoms with Crippen LogP contribution in [0.5, 0.6) is 0 Å². The van der Waals surface area contributed by atoms with Crippen LogP contribution in [0.25, 0.3) is 0 Å². The highest BCUT2D eigenvalue weighted by Gasteiger charge is 2.02. The predicted molar refractivity (Wildman–Crippen MR) is 45.7 cm³/mol. The molecule has 0 saturated carbocycles. The molecule has 0 amide bonds. The highest BCUT2D eigenvalue weighted by molar-refractivity contribution is 5.68. The predicted octanol–water partition coefficient (Wildman–Crippen LogP) is 1.12. The lowest BCUT2D eigenvalue weighted by molar-refractivity contribution is -0.166. The molecule has 12 heavy (non-hydrogen) atoms. The van der Waals surface area contributed by atoms with Crippen molar-refractivity contribution in [3.05, 3.63) is 0 Å². The first kappa shape index (κ1) is 11.4. The fraction of sp³-hybridized carbons (Fsp3) is 0.875. The van der Waals surface area contributed by atoms with Gasteiger partial charge in [0, 0.05) is 7.05 Å². The lowest BCUT2D eigenvalue weighted by Crippen LogP contribution is -2.26. The molecule has 0 saturated heterocycles. The van der Waals surface area contributed by atoms with Crippen molar-refractivity contribution >= 4 is 5.97 Å². The molecule has 1 N–H and O–H groups in total. The molecule has 0 atom stereocenters. The summed E-state index contributed by atoms with van der Waals surface area (Å²) in [7, 11) is 1.63. The fourth-order valence-corrected chi connectivity index (χ4v) is 0.809. The number of hydrogen-bond donors (Lipinski definition) is 1. The zero-order chi connectivity index (χ0) is 9.40. The summed E-state index contributed by atoms with van der Waals surface area (Å²) in [4.78, 5) is 15.3. The molecule has 0 aliphatic carbocycles. The number of likely N-dealkylation sites (N-methyl/N-ethyl adjacent to an activating group) is 1. The Hall–Kier alpha value is -0.610. The molecule has 0 aromatic rings. The van der Waals surface area contributed by atoms with Crippen LogP contribution < -0.4 is 0 Å². The second-order valence-electron chi connectivity index (χ2n) is 2.72. The number of hydroxylamine groups is 2. The van der Waals surface area contributed by atoms with E-state index in [-0.39, 0.29) is 6.54 Å². The van der Waals surface area contributed by atoms with Crippen molar-refractivity contribution in [1.82, 2.24) is 5.06 Å². The molecule has 0 spiro atoms. The van der Waals surface area contributed by atoms with Gasteiger partial charge in [0.25, 0.3) is 0 Å². The molecular weight excluding hydrogens is 158 g/mol. The van der Waals surface area contributed by atoms with Gasteiger partial charge in [-0.1, -0.05) is 19.8 Å². The van der Waals surface area contributed by atoms with Gasteiger partial charge >= 0.3 is 5.97 Å². The summed E-state index contributed by atoms with van der Waals surface area (Å²) < 4.78 is 0. The Kier molecular flexibility index (Phi) is 6.70. The summed E-state index contributed by atoms with van der Waals surface area (Å²) in [6, 6.07) is 0. The molecule has 72 valence electrons. The van der Waals surface area contributed by atoms with E-state index in [1.165, 1.54) is 5.06 Å². The first-order valence-corrected chi connectivity index (χ1v) is 4.22. The molecule has 0 rings (SSSR count). The highest BCUT2D eigenvalue weighted by atomic mass is 16.7. The third-order valence-corrected chi connectivity index (χ3v) is 1.42. The molecule has 0 aromatic heterocycles. The van der Waals surface area contributed by atoms with Gasteiger partial charge in [0.1, 0.15) is 6.54 Å². The minimum Gasteiger partial charge on any atom is -0.480 e. The van der Waals surface area contributed by atoms with Crippen LogP contribution in [0.3, 0.4) is 0 Å². The number of carbonyl (C=O) groups is 1. The largest absolute Gasteiger partial charge is 0.480 e. The van der Waals surface area contributed by atoms with E-state index in [4.69, 9.17) is 9.94 Å². The molecule has 0 aliphatic heterocycles. The molecule has 0 radical (unpaired) electrons. The van der Waals surface area contributed by atoms with Crippen LogP contribution in [0, 0.1) is 0 Å². The molecule has 0 bridgehead atoms. The lowest BCUT2D eigenvalue weighted by Gasteiger charge is -2.13. The van der Waals surface area contributed by atoms with E-state index < -0.39 is 5.97 Å². The number of aliphatic carboxylic acids is 1. The average molecular weight is 175 g/mol. The Morgan fingerprint density at radius 3 is 2.67 bits per heavy atom. The SMILES string of the molecule is CCCCCON(C)CC(=O)O. The molecule has 0 aromatic carbocycles. The second kappa shape index (κ2) is 7.06. The Morgan fingerprint density at radius 1 is 1.50 bits per heavy atom. The van der Waals surface area contributed by atoms with Gasteiger partial charge in [-0.3, -0.25) is 9.63 Å². The van der Waals surface area contributed by atoms with Crippen LogP contribution in [0.4, 0.5) is 0 Å². The van der Waals surface area contributed by atoms with Crippen LogP contribution in [-0.2, 0) is 9.63 Å². The van der Waals surface area contributed by atoms with Crippen LogP contribution in [0.2, 0.25) is 0 Å². The van der Waals surface area contributed by atoms with Gasteiger partial charge in [-0.2, -0.15) is 5.06 Å². The van der Waals surface area contributed by atoms with Crippen molar-refractivity contribution in [2.24, 2.45) is 0 Å². The molecular formula is C8H17NO3. The maximum atomic E-state index is 10.2.